The van der Waals surface area contributed by atoms with Gasteiger partial charge in [0.05, 0.1) is 65.6 Å². The average Bonchev–Trinajstić information content (AvgIpc) is 2.68. The standard InChI is InChI=1S/C20H32O7/c1-18(2)26-15-13-24-11-9-22-7-8-23-10-12-25-14-16-27-20-5-3-19(17-21)4-6-20/h3-6,17-18H,7-16H2,1-2H3. The van der Waals surface area contributed by atoms with Crippen molar-refractivity contribution >= 4 is 6.29 Å². The Balaban J connectivity index is 1.77. The molecule has 0 spiro atoms. The number of hydrogen-bond donors (Lipinski definition) is 0. The second-order valence-corrected chi connectivity index (χ2v) is 5.90. The quantitative estimate of drug-likeness (QED) is 0.284. The van der Waals surface area contributed by atoms with Crippen molar-refractivity contribution in [2.45, 2.75) is 20.0 Å². The largest absolute Gasteiger partial charge is 0.491 e. The van der Waals surface area contributed by atoms with E-state index >= 15 is 0 Å². The third kappa shape index (κ3) is 14.2. The van der Waals surface area contributed by atoms with Crippen molar-refractivity contribution in [1.29, 1.82) is 0 Å². The summed E-state index contributed by atoms with van der Waals surface area (Å²) in [4.78, 5) is 10.6. The van der Waals surface area contributed by atoms with Gasteiger partial charge in [-0.1, -0.05) is 0 Å². The van der Waals surface area contributed by atoms with Crippen LogP contribution in [-0.4, -0.2) is 78.5 Å². The first-order valence-corrected chi connectivity index (χ1v) is 9.33. The average molecular weight is 384 g/mol. The fourth-order valence-electron chi connectivity index (χ4n) is 1.97. The van der Waals surface area contributed by atoms with Crippen molar-refractivity contribution in [1.82, 2.24) is 0 Å². The Bertz CT molecular complexity index is 462. The molecule has 1 aromatic carbocycles. The molecule has 7 heteroatoms. The summed E-state index contributed by atoms with van der Waals surface area (Å²) in [5.41, 5.74) is 0.628. The molecule has 0 aromatic heterocycles. The first-order chi connectivity index (χ1) is 13.2. The molecule has 0 N–H and O–H groups in total. The summed E-state index contributed by atoms with van der Waals surface area (Å²) in [6.07, 6.45) is 1.04. The molecule has 27 heavy (non-hydrogen) atoms. The van der Waals surface area contributed by atoms with Gasteiger partial charge < -0.3 is 28.4 Å². The Morgan fingerprint density at radius 1 is 0.704 bits per heavy atom. The van der Waals surface area contributed by atoms with Gasteiger partial charge in [-0.3, -0.25) is 4.79 Å². The summed E-state index contributed by atoms with van der Waals surface area (Å²) in [5.74, 6) is 0.717. The lowest BCUT2D eigenvalue weighted by Gasteiger charge is -2.09. The maximum absolute atomic E-state index is 10.6. The van der Waals surface area contributed by atoms with Crippen LogP contribution in [0.25, 0.3) is 0 Å². The predicted octanol–water partition coefficient (Wildman–Crippen LogP) is 2.37. The highest BCUT2D eigenvalue weighted by atomic mass is 16.6. The van der Waals surface area contributed by atoms with Gasteiger partial charge in [0.1, 0.15) is 18.6 Å². The Hall–Kier alpha value is -1.51. The Morgan fingerprint density at radius 2 is 1.15 bits per heavy atom. The lowest BCUT2D eigenvalue weighted by molar-refractivity contribution is -0.0186. The Kier molecular flexibility index (Phi) is 14.5. The third-order valence-corrected chi connectivity index (χ3v) is 3.31. The van der Waals surface area contributed by atoms with E-state index in [4.69, 9.17) is 28.4 Å². The number of rotatable bonds is 18. The summed E-state index contributed by atoms with van der Waals surface area (Å²) in [6.45, 7) is 9.31. The molecule has 0 fully saturated rings. The molecular formula is C20H32O7. The Morgan fingerprint density at radius 3 is 1.59 bits per heavy atom. The van der Waals surface area contributed by atoms with Crippen molar-refractivity contribution in [3.05, 3.63) is 29.8 Å². The number of carbonyl (C=O) groups excluding carboxylic acids is 1. The second-order valence-electron chi connectivity index (χ2n) is 5.90. The van der Waals surface area contributed by atoms with E-state index in [1.807, 2.05) is 13.8 Å². The summed E-state index contributed by atoms with van der Waals surface area (Å²) >= 11 is 0. The van der Waals surface area contributed by atoms with Gasteiger partial charge in [0.15, 0.2) is 0 Å². The van der Waals surface area contributed by atoms with Crippen molar-refractivity contribution in [3.8, 4) is 5.75 Å². The highest BCUT2D eigenvalue weighted by Crippen LogP contribution is 2.10. The third-order valence-electron chi connectivity index (χ3n) is 3.31. The molecular weight excluding hydrogens is 352 g/mol. The number of carbonyl (C=O) groups is 1. The van der Waals surface area contributed by atoms with Crippen LogP contribution in [0, 0.1) is 0 Å². The molecule has 0 amide bonds. The predicted molar refractivity (Wildman–Crippen MR) is 102 cm³/mol. The highest BCUT2D eigenvalue weighted by Gasteiger charge is 1.96. The van der Waals surface area contributed by atoms with E-state index in [-0.39, 0.29) is 6.10 Å². The molecule has 1 aromatic rings. The molecule has 0 saturated carbocycles. The van der Waals surface area contributed by atoms with Gasteiger partial charge in [-0.15, -0.1) is 0 Å². The van der Waals surface area contributed by atoms with Crippen LogP contribution in [0.4, 0.5) is 0 Å². The van der Waals surface area contributed by atoms with Gasteiger partial charge in [-0.2, -0.15) is 0 Å². The molecule has 0 radical (unpaired) electrons. The first-order valence-electron chi connectivity index (χ1n) is 9.33. The molecule has 154 valence electrons. The van der Waals surface area contributed by atoms with Crippen LogP contribution in [0.3, 0.4) is 0 Å². The normalized spacial score (nSPS) is 11.1. The molecule has 0 unspecified atom stereocenters. The smallest absolute Gasteiger partial charge is 0.150 e. The number of ether oxygens (including phenoxy) is 6. The molecule has 0 heterocycles. The van der Waals surface area contributed by atoms with E-state index in [2.05, 4.69) is 0 Å². The van der Waals surface area contributed by atoms with Crippen molar-refractivity contribution in [3.63, 3.8) is 0 Å². The maximum atomic E-state index is 10.6. The molecule has 0 saturated heterocycles. The van der Waals surface area contributed by atoms with Crippen LogP contribution in [0.5, 0.6) is 5.75 Å². The first kappa shape index (κ1) is 23.5. The minimum atomic E-state index is 0.236. The van der Waals surface area contributed by atoms with Crippen LogP contribution in [-0.2, 0) is 23.7 Å². The summed E-state index contributed by atoms with van der Waals surface area (Å²) in [5, 5.41) is 0. The molecule has 0 bridgehead atoms. The van der Waals surface area contributed by atoms with Crippen LogP contribution < -0.4 is 4.74 Å². The molecule has 0 atom stereocenters. The second kappa shape index (κ2) is 16.6. The van der Waals surface area contributed by atoms with Crippen LogP contribution in [0.2, 0.25) is 0 Å². The van der Waals surface area contributed by atoms with Crippen molar-refractivity contribution in [2.24, 2.45) is 0 Å². The summed E-state index contributed by atoms with van der Waals surface area (Å²) in [6, 6.07) is 6.95. The minimum Gasteiger partial charge on any atom is -0.491 e. The lowest BCUT2D eigenvalue weighted by atomic mass is 10.2. The van der Waals surface area contributed by atoms with Gasteiger partial charge in [-0.05, 0) is 38.1 Å². The van der Waals surface area contributed by atoms with Gasteiger partial charge in [-0.25, -0.2) is 0 Å². The Labute approximate surface area is 161 Å². The topological polar surface area (TPSA) is 72.5 Å². The fourth-order valence-corrected chi connectivity index (χ4v) is 1.97. The SMILES string of the molecule is CC(C)OCCOCCOCCOCCOCCOc1ccc(C=O)cc1. The van der Waals surface area contributed by atoms with Gasteiger partial charge >= 0.3 is 0 Å². The summed E-state index contributed by atoms with van der Waals surface area (Å²) in [7, 11) is 0. The van der Waals surface area contributed by atoms with E-state index in [1.54, 1.807) is 24.3 Å². The zero-order valence-electron chi connectivity index (χ0n) is 16.4. The van der Waals surface area contributed by atoms with E-state index in [1.165, 1.54) is 0 Å². The van der Waals surface area contributed by atoms with E-state index < -0.39 is 0 Å². The molecule has 7 nitrogen and oxygen atoms in total. The molecule has 1 rings (SSSR count). The van der Waals surface area contributed by atoms with Gasteiger partial charge in [0.2, 0.25) is 0 Å². The number of benzene rings is 1. The van der Waals surface area contributed by atoms with Crippen molar-refractivity contribution < 1.29 is 33.2 Å². The monoisotopic (exact) mass is 384 g/mol. The minimum absolute atomic E-state index is 0.236. The fraction of sp³-hybridized carbons (Fsp3) is 0.650. The van der Waals surface area contributed by atoms with E-state index in [0.717, 1.165) is 6.29 Å². The molecule has 0 aliphatic rings. The maximum Gasteiger partial charge on any atom is 0.150 e. The van der Waals surface area contributed by atoms with Crippen LogP contribution in [0.15, 0.2) is 24.3 Å². The molecule has 0 aliphatic heterocycles. The van der Waals surface area contributed by atoms with Crippen molar-refractivity contribution in [2.75, 3.05) is 66.1 Å². The lowest BCUT2D eigenvalue weighted by Crippen LogP contribution is -2.15. The van der Waals surface area contributed by atoms with E-state index in [9.17, 15) is 4.79 Å². The van der Waals surface area contributed by atoms with E-state index in [0.29, 0.717) is 77.4 Å². The van der Waals surface area contributed by atoms with Gasteiger partial charge in [0, 0.05) is 5.56 Å². The highest BCUT2D eigenvalue weighted by molar-refractivity contribution is 5.74. The summed E-state index contributed by atoms with van der Waals surface area (Å²) < 4.78 is 32.5. The zero-order valence-corrected chi connectivity index (χ0v) is 16.4. The zero-order chi connectivity index (χ0) is 19.6. The number of hydrogen-bond acceptors (Lipinski definition) is 7. The van der Waals surface area contributed by atoms with Gasteiger partial charge in [0.25, 0.3) is 0 Å². The van der Waals surface area contributed by atoms with Crippen LogP contribution in [0.1, 0.15) is 24.2 Å². The number of aldehydes is 1. The molecule has 0 aliphatic carbocycles. The van der Waals surface area contributed by atoms with Crippen LogP contribution >= 0.6 is 0 Å².